The Morgan fingerprint density at radius 3 is 2.53 bits per heavy atom. The van der Waals surface area contributed by atoms with E-state index in [0.717, 1.165) is 16.8 Å². The summed E-state index contributed by atoms with van der Waals surface area (Å²) in [5, 5.41) is 4.16. The minimum atomic E-state index is -4.63. The first-order chi connectivity index (χ1) is 16.1. The number of alkyl halides is 4. The summed E-state index contributed by atoms with van der Waals surface area (Å²) in [5.41, 5.74) is -0.384. The molecule has 1 aliphatic heterocycles. The molecule has 1 saturated heterocycles. The molecule has 0 radical (unpaired) electrons. The third kappa shape index (κ3) is 3.94. The molecular formula is C21H16F6N6O. The number of fused-ring (bicyclic) bond motifs is 2. The van der Waals surface area contributed by atoms with Crippen molar-refractivity contribution in [3.8, 4) is 11.4 Å². The summed E-state index contributed by atoms with van der Waals surface area (Å²) in [6.07, 6.45) is -2.00. The first-order valence-electron chi connectivity index (χ1n) is 10.3. The Morgan fingerprint density at radius 1 is 1.09 bits per heavy atom. The fourth-order valence-electron chi connectivity index (χ4n) is 4.07. The van der Waals surface area contributed by atoms with Gasteiger partial charge in [0.1, 0.15) is 29.9 Å². The standard InChI is InChI=1S/C21H16F6N6O/c22-11-1-3-31(4-2-11)20(34)15-6-16-13(7-28-15)18(30-33(16)10-21(25,26)27)17-8-29-19-14(24)5-12(23)9-32(17)19/h5-9,11H,1-4,10H2. The van der Waals surface area contributed by atoms with Gasteiger partial charge in [0.05, 0.1) is 17.4 Å². The zero-order valence-corrected chi connectivity index (χ0v) is 17.4. The first kappa shape index (κ1) is 22.2. The molecule has 34 heavy (non-hydrogen) atoms. The van der Waals surface area contributed by atoms with Crippen molar-refractivity contribution in [2.45, 2.75) is 31.7 Å². The normalized spacial score (nSPS) is 15.5. The summed E-state index contributed by atoms with van der Waals surface area (Å²) in [4.78, 5) is 22.2. The largest absolute Gasteiger partial charge is 0.408 e. The van der Waals surface area contributed by atoms with E-state index in [9.17, 15) is 31.1 Å². The van der Waals surface area contributed by atoms with Gasteiger partial charge in [-0.15, -0.1) is 0 Å². The van der Waals surface area contributed by atoms with Crippen LogP contribution in [0.15, 0.2) is 30.7 Å². The van der Waals surface area contributed by atoms with Gasteiger partial charge < -0.3 is 4.90 Å². The van der Waals surface area contributed by atoms with Gasteiger partial charge in [0.2, 0.25) is 0 Å². The van der Waals surface area contributed by atoms with Crippen LogP contribution in [0.4, 0.5) is 26.3 Å². The van der Waals surface area contributed by atoms with Crippen LogP contribution in [0.2, 0.25) is 0 Å². The molecule has 4 aromatic heterocycles. The van der Waals surface area contributed by atoms with E-state index < -0.39 is 36.4 Å². The lowest BCUT2D eigenvalue weighted by Crippen LogP contribution is -2.39. The SMILES string of the molecule is O=C(c1cc2c(cn1)c(-c1cnc3c(F)cc(F)cn13)nn2CC(F)(F)F)N1CCC(F)CC1. The highest BCUT2D eigenvalue weighted by Crippen LogP contribution is 2.31. The van der Waals surface area contributed by atoms with Gasteiger partial charge in [-0.3, -0.25) is 18.9 Å². The smallest absolute Gasteiger partial charge is 0.337 e. The van der Waals surface area contributed by atoms with E-state index in [1.807, 2.05) is 0 Å². The number of hydrogen-bond acceptors (Lipinski definition) is 4. The van der Waals surface area contributed by atoms with Gasteiger partial charge in [0.15, 0.2) is 11.5 Å². The molecule has 1 fully saturated rings. The minimum absolute atomic E-state index is 0.0403. The molecule has 5 heterocycles. The monoisotopic (exact) mass is 482 g/mol. The van der Waals surface area contributed by atoms with Gasteiger partial charge in [-0.05, 0) is 18.9 Å². The zero-order valence-electron chi connectivity index (χ0n) is 17.4. The Labute approximate surface area is 187 Å². The first-order valence-corrected chi connectivity index (χ1v) is 10.3. The van der Waals surface area contributed by atoms with Crippen molar-refractivity contribution in [1.82, 2.24) is 29.0 Å². The second-order valence-corrected chi connectivity index (χ2v) is 8.02. The number of hydrogen-bond donors (Lipinski definition) is 0. The van der Waals surface area contributed by atoms with Gasteiger partial charge in [-0.1, -0.05) is 0 Å². The molecule has 0 aliphatic carbocycles. The number of halogens is 6. The number of carbonyl (C=O) groups excluding carboxylic acids is 1. The van der Waals surface area contributed by atoms with Crippen molar-refractivity contribution in [3.05, 3.63) is 48.1 Å². The highest BCUT2D eigenvalue weighted by molar-refractivity contribution is 5.99. The zero-order chi connectivity index (χ0) is 24.2. The maximum absolute atomic E-state index is 14.1. The topological polar surface area (TPSA) is 68.3 Å². The summed E-state index contributed by atoms with van der Waals surface area (Å²) in [7, 11) is 0. The summed E-state index contributed by atoms with van der Waals surface area (Å²) < 4.78 is 82.8. The maximum Gasteiger partial charge on any atom is 0.408 e. The van der Waals surface area contributed by atoms with Gasteiger partial charge in [-0.2, -0.15) is 18.3 Å². The number of pyridine rings is 2. The second-order valence-electron chi connectivity index (χ2n) is 8.02. The highest BCUT2D eigenvalue weighted by atomic mass is 19.4. The van der Waals surface area contributed by atoms with E-state index in [2.05, 4.69) is 15.1 Å². The molecule has 7 nitrogen and oxygen atoms in total. The van der Waals surface area contributed by atoms with E-state index >= 15 is 0 Å². The highest BCUT2D eigenvalue weighted by Gasteiger charge is 2.31. The summed E-state index contributed by atoms with van der Waals surface area (Å²) in [6.45, 7) is -1.12. The third-order valence-corrected chi connectivity index (χ3v) is 5.67. The Morgan fingerprint density at radius 2 is 1.82 bits per heavy atom. The van der Waals surface area contributed by atoms with Crippen molar-refractivity contribution in [3.63, 3.8) is 0 Å². The molecule has 0 saturated carbocycles. The lowest BCUT2D eigenvalue weighted by atomic mass is 10.1. The second kappa shape index (κ2) is 7.99. The molecule has 0 unspecified atom stereocenters. The number of carbonyl (C=O) groups is 1. The van der Waals surface area contributed by atoms with Crippen molar-refractivity contribution in [2.75, 3.05) is 13.1 Å². The van der Waals surface area contributed by atoms with E-state index in [-0.39, 0.29) is 59.6 Å². The van der Waals surface area contributed by atoms with Crippen LogP contribution < -0.4 is 0 Å². The average Bonchev–Trinajstić information content (AvgIpc) is 3.34. The van der Waals surface area contributed by atoms with Crippen LogP contribution in [0.5, 0.6) is 0 Å². The number of aromatic nitrogens is 5. The molecule has 13 heteroatoms. The van der Waals surface area contributed by atoms with E-state index in [1.54, 1.807) is 0 Å². The lowest BCUT2D eigenvalue weighted by molar-refractivity contribution is -0.141. The van der Waals surface area contributed by atoms with Crippen molar-refractivity contribution >= 4 is 22.5 Å². The number of imidazole rings is 1. The van der Waals surface area contributed by atoms with Gasteiger partial charge in [0.25, 0.3) is 5.91 Å². The minimum Gasteiger partial charge on any atom is -0.337 e. The maximum atomic E-state index is 14.1. The number of rotatable bonds is 3. The number of nitrogens with zero attached hydrogens (tertiary/aromatic N) is 6. The molecule has 0 atom stereocenters. The van der Waals surface area contributed by atoms with Gasteiger partial charge in [0, 0.05) is 36.9 Å². The average molecular weight is 482 g/mol. The predicted octanol–water partition coefficient (Wildman–Crippen LogP) is 4.16. The van der Waals surface area contributed by atoms with E-state index in [0.29, 0.717) is 10.7 Å². The van der Waals surface area contributed by atoms with Crippen molar-refractivity contribution < 1.29 is 31.1 Å². The Bertz CT molecular complexity index is 1400. The molecule has 1 aliphatic rings. The van der Waals surface area contributed by atoms with Crippen LogP contribution in [0.25, 0.3) is 27.9 Å². The van der Waals surface area contributed by atoms with E-state index in [4.69, 9.17) is 0 Å². The molecule has 0 aromatic carbocycles. The Hall–Kier alpha value is -3.64. The predicted molar refractivity (Wildman–Crippen MR) is 108 cm³/mol. The summed E-state index contributed by atoms with van der Waals surface area (Å²) >= 11 is 0. The third-order valence-electron chi connectivity index (χ3n) is 5.67. The molecule has 0 spiro atoms. The quantitative estimate of drug-likeness (QED) is 0.412. The molecule has 5 rings (SSSR count). The van der Waals surface area contributed by atoms with Crippen LogP contribution in [-0.2, 0) is 6.54 Å². The molecule has 178 valence electrons. The Kier molecular flexibility index (Phi) is 5.21. The van der Waals surface area contributed by atoms with Crippen LogP contribution in [0.1, 0.15) is 23.3 Å². The number of likely N-dealkylation sites (tertiary alicyclic amines) is 1. The molecule has 0 bridgehead atoms. The summed E-state index contributed by atoms with van der Waals surface area (Å²) in [6, 6.07) is 1.82. The van der Waals surface area contributed by atoms with Crippen molar-refractivity contribution in [1.29, 1.82) is 0 Å². The van der Waals surface area contributed by atoms with Crippen molar-refractivity contribution in [2.24, 2.45) is 0 Å². The number of amides is 1. The Balaban J connectivity index is 1.64. The fourth-order valence-corrected chi connectivity index (χ4v) is 4.07. The molecular weight excluding hydrogens is 466 g/mol. The van der Waals surface area contributed by atoms with Crippen LogP contribution >= 0.6 is 0 Å². The molecule has 4 aromatic rings. The van der Waals surface area contributed by atoms with Gasteiger partial charge in [-0.25, -0.2) is 18.2 Å². The molecule has 1 amide bonds. The fraction of sp³-hybridized carbons (Fsp3) is 0.333. The lowest BCUT2D eigenvalue weighted by Gasteiger charge is -2.28. The van der Waals surface area contributed by atoms with Crippen LogP contribution in [-0.4, -0.2) is 60.4 Å². The van der Waals surface area contributed by atoms with Gasteiger partial charge >= 0.3 is 6.18 Å². The van der Waals surface area contributed by atoms with Crippen LogP contribution in [0.3, 0.4) is 0 Å². The number of piperidine rings is 1. The van der Waals surface area contributed by atoms with E-state index in [1.165, 1.54) is 17.2 Å². The molecule has 0 N–H and O–H groups in total. The summed E-state index contributed by atoms with van der Waals surface area (Å²) in [5.74, 6) is -2.39. The van der Waals surface area contributed by atoms with Crippen LogP contribution in [0, 0.1) is 11.6 Å².